The lowest BCUT2D eigenvalue weighted by atomic mass is 9.79. The summed E-state index contributed by atoms with van der Waals surface area (Å²) < 4.78 is 5.88. The van der Waals surface area contributed by atoms with E-state index in [2.05, 4.69) is 24.4 Å². The van der Waals surface area contributed by atoms with E-state index in [1.807, 2.05) is 0 Å². The second-order valence-corrected chi connectivity index (χ2v) is 4.05. The van der Waals surface area contributed by atoms with Crippen molar-refractivity contribution in [2.24, 2.45) is 11.8 Å². The summed E-state index contributed by atoms with van der Waals surface area (Å²) in [5.41, 5.74) is 0.0683. The number of hydrogen-bond acceptors (Lipinski definition) is 2. The Morgan fingerprint density at radius 1 is 1.55 bits per heavy atom. The third-order valence-corrected chi connectivity index (χ3v) is 3.43. The minimum atomic E-state index is 0.0683. The van der Waals surface area contributed by atoms with Gasteiger partial charge in [-0.25, -0.2) is 0 Å². The average molecular weight is 151 g/mol. The zero-order chi connectivity index (χ0) is 7.47. The molecule has 0 aromatic carbocycles. The molecule has 4 unspecified atom stereocenters. The van der Waals surface area contributed by atoms with Gasteiger partial charge in [0.05, 0.1) is 11.7 Å². The molecule has 1 N–H and O–H groups in total. The van der Waals surface area contributed by atoms with Gasteiger partial charge in [-0.05, 0) is 6.92 Å². The third-order valence-electron chi connectivity index (χ3n) is 3.43. The van der Waals surface area contributed by atoms with E-state index < -0.39 is 0 Å². The van der Waals surface area contributed by atoms with Gasteiger partial charge in [0.2, 0.25) is 0 Å². The molecular weight excluding hydrogens is 138 g/mol. The summed E-state index contributed by atoms with van der Waals surface area (Å²) >= 11 is 0. The molecule has 4 atom stereocenters. The van der Waals surface area contributed by atoms with Crippen molar-refractivity contribution < 1.29 is 4.74 Å². The molecule has 0 aliphatic carbocycles. The lowest BCUT2D eigenvalue weighted by Crippen LogP contribution is -2.32. The molecule has 0 aromatic heterocycles. The predicted octanol–water partition coefficient (Wildman–Crippen LogP) is 0.549. The van der Waals surface area contributed by atoms with E-state index >= 15 is 0 Å². The molecule has 3 aliphatic rings. The smallest absolute Gasteiger partial charge is 0.0887 e. The Morgan fingerprint density at radius 2 is 2.45 bits per heavy atom. The van der Waals surface area contributed by atoms with Gasteiger partial charge in [0.15, 0.2) is 0 Å². The Bertz CT molecular complexity index is 226. The van der Waals surface area contributed by atoms with Gasteiger partial charge in [-0.2, -0.15) is 0 Å². The highest BCUT2D eigenvalue weighted by Crippen LogP contribution is 2.47. The lowest BCUT2D eigenvalue weighted by Gasteiger charge is -2.24. The number of ether oxygens (including phenoxy) is 1. The normalized spacial score (nSPS) is 58.8. The highest BCUT2D eigenvalue weighted by molar-refractivity contribution is 5.23. The van der Waals surface area contributed by atoms with Gasteiger partial charge >= 0.3 is 0 Å². The van der Waals surface area contributed by atoms with Crippen molar-refractivity contribution in [1.82, 2.24) is 5.32 Å². The topological polar surface area (TPSA) is 21.3 Å². The molecule has 2 saturated heterocycles. The molecule has 2 bridgehead atoms. The van der Waals surface area contributed by atoms with Crippen LogP contribution < -0.4 is 5.32 Å². The van der Waals surface area contributed by atoms with Crippen LogP contribution in [0.15, 0.2) is 12.2 Å². The van der Waals surface area contributed by atoms with Crippen LogP contribution in [0.4, 0.5) is 0 Å². The molecule has 2 nitrogen and oxygen atoms in total. The van der Waals surface area contributed by atoms with Crippen molar-refractivity contribution in [2.75, 3.05) is 13.1 Å². The van der Waals surface area contributed by atoms with Gasteiger partial charge in [0.25, 0.3) is 0 Å². The predicted molar refractivity (Wildman–Crippen MR) is 42.3 cm³/mol. The second-order valence-electron chi connectivity index (χ2n) is 4.05. The Balaban J connectivity index is 2.04. The highest BCUT2D eigenvalue weighted by atomic mass is 16.5. The molecule has 3 heterocycles. The van der Waals surface area contributed by atoms with Gasteiger partial charge in [-0.15, -0.1) is 0 Å². The van der Waals surface area contributed by atoms with Crippen LogP contribution in [0.25, 0.3) is 0 Å². The van der Waals surface area contributed by atoms with E-state index in [-0.39, 0.29) is 5.60 Å². The lowest BCUT2D eigenvalue weighted by molar-refractivity contribution is 0.0242. The average Bonchev–Trinajstić information content (AvgIpc) is 2.53. The van der Waals surface area contributed by atoms with Gasteiger partial charge < -0.3 is 10.1 Å². The molecule has 0 amide bonds. The fourth-order valence-corrected chi connectivity index (χ4v) is 2.77. The van der Waals surface area contributed by atoms with Crippen molar-refractivity contribution >= 4 is 0 Å². The van der Waals surface area contributed by atoms with Crippen molar-refractivity contribution in [3.63, 3.8) is 0 Å². The number of hydrogen-bond donors (Lipinski definition) is 1. The molecule has 2 fully saturated rings. The first-order valence-electron chi connectivity index (χ1n) is 4.37. The van der Waals surface area contributed by atoms with Gasteiger partial charge in [0, 0.05) is 24.9 Å². The summed E-state index contributed by atoms with van der Waals surface area (Å²) in [4.78, 5) is 0. The van der Waals surface area contributed by atoms with Crippen molar-refractivity contribution in [2.45, 2.75) is 18.6 Å². The first-order valence-corrected chi connectivity index (χ1v) is 4.37. The molecule has 3 rings (SSSR count). The van der Waals surface area contributed by atoms with Crippen LogP contribution in [0.5, 0.6) is 0 Å². The van der Waals surface area contributed by atoms with Crippen LogP contribution in [0.2, 0.25) is 0 Å². The molecule has 2 heteroatoms. The Morgan fingerprint density at radius 3 is 3.27 bits per heavy atom. The Hall–Kier alpha value is -0.340. The maximum atomic E-state index is 5.88. The Labute approximate surface area is 66.6 Å². The largest absolute Gasteiger partial charge is 0.363 e. The summed E-state index contributed by atoms with van der Waals surface area (Å²) in [5.74, 6) is 1.49. The number of rotatable bonds is 0. The molecule has 0 aromatic rings. The maximum Gasteiger partial charge on any atom is 0.0887 e. The van der Waals surface area contributed by atoms with Gasteiger partial charge in [-0.3, -0.25) is 0 Å². The van der Waals surface area contributed by atoms with Crippen molar-refractivity contribution in [3.8, 4) is 0 Å². The summed E-state index contributed by atoms with van der Waals surface area (Å²) in [6.45, 7) is 4.50. The van der Waals surface area contributed by atoms with E-state index in [4.69, 9.17) is 4.74 Å². The van der Waals surface area contributed by atoms with Crippen LogP contribution in [-0.4, -0.2) is 24.8 Å². The Kier molecular flexibility index (Phi) is 0.958. The molecule has 3 aliphatic heterocycles. The summed E-state index contributed by atoms with van der Waals surface area (Å²) in [6.07, 6.45) is 4.89. The minimum Gasteiger partial charge on any atom is -0.363 e. The molecular formula is C9H13NO. The number of fused-ring (bicyclic) bond motifs is 5. The minimum absolute atomic E-state index is 0.0683. The molecule has 11 heavy (non-hydrogen) atoms. The molecule has 0 spiro atoms. The molecule has 0 saturated carbocycles. The van der Waals surface area contributed by atoms with E-state index in [9.17, 15) is 0 Å². The van der Waals surface area contributed by atoms with Crippen LogP contribution in [0, 0.1) is 11.8 Å². The zero-order valence-corrected chi connectivity index (χ0v) is 6.71. The fourth-order valence-electron chi connectivity index (χ4n) is 2.77. The third kappa shape index (κ3) is 0.603. The van der Waals surface area contributed by atoms with E-state index in [1.54, 1.807) is 0 Å². The number of nitrogens with one attached hydrogen (secondary N) is 1. The monoisotopic (exact) mass is 151 g/mol. The standard InChI is InChI=1S/C9H13NO/c1-9-3-2-8(11-9)6-4-10-5-7(6)9/h2-3,6-8,10H,4-5H2,1H3. The maximum absolute atomic E-state index is 5.88. The summed E-state index contributed by atoms with van der Waals surface area (Å²) in [7, 11) is 0. The molecule has 0 radical (unpaired) electrons. The molecule has 60 valence electrons. The van der Waals surface area contributed by atoms with Crippen molar-refractivity contribution in [3.05, 3.63) is 12.2 Å². The van der Waals surface area contributed by atoms with Crippen molar-refractivity contribution in [1.29, 1.82) is 0 Å². The second kappa shape index (κ2) is 1.70. The van der Waals surface area contributed by atoms with Crippen LogP contribution in [0.3, 0.4) is 0 Å². The summed E-state index contributed by atoms with van der Waals surface area (Å²) in [6, 6.07) is 0. The zero-order valence-electron chi connectivity index (χ0n) is 6.71. The van der Waals surface area contributed by atoms with E-state index in [0.29, 0.717) is 6.10 Å². The first kappa shape index (κ1) is 6.21. The van der Waals surface area contributed by atoms with E-state index in [1.165, 1.54) is 0 Å². The van der Waals surface area contributed by atoms with Gasteiger partial charge in [0.1, 0.15) is 0 Å². The van der Waals surface area contributed by atoms with Gasteiger partial charge in [-0.1, -0.05) is 12.2 Å². The van der Waals surface area contributed by atoms with E-state index in [0.717, 1.165) is 24.9 Å². The van der Waals surface area contributed by atoms with Crippen LogP contribution in [0.1, 0.15) is 6.92 Å². The van der Waals surface area contributed by atoms with Crippen LogP contribution >= 0.6 is 0 Å². The quantitative estimate of drug-likeness (QED) is 0.510. The summed E-state index contributed by atoms with van der Waals surface area (Å²) in [5, 5.41) is 3.43. The first-order chi connectivity index (χ1) is 5.30. The van der Waals surface area contributed by atoms with Crippen LogP contribution in [-0.2, 0) is 4.74 Å². The SMILES string of the molecule is CC12C=CC(O1)C1CNCC12. The fraction of sp³-hybridized carbons (Fsp3) is 0.778. The highest BCUT2D eigenvalue weighted by Gasteiger charge is 2.54.